The Kier molecular flexibility index (Phi) is 51.3. The van der Waals surface area contributed by atoms with Gasteiger partial charge in [-0.3, -0.25) is 4.79 Å². The van der Waals surface area contributed by atoms with Gasteiger partial charge in [0.15, 0.2) is 6.29 Å². The molecule has 1 heterocycles. The first kappa shape index (κ1) is 72.3. The third kappa shape index (κ3) is 41.4. The molecule has 0 aromatic heterocycles. The lowest BCUT2D eigenvalue weighted by molar-refractivity contribution is -0.303. The van der Waals surface area contributed by atoms with Crippen molar-refractivity contribution < 1.29 is 50.0 Å². The second-order valence-electron chi connectivity index (χ2n) is 22.8. The number of carbonyl (C=O) groups is 1. The van der Waals surface area contributed by atoms with Crippen LogP contribution < -0.4 is 5.32 Å². The average molecular weight is 1080 g/mol. The van der Waals surface area contributed by atoms with Gasteiger partial charge in [-0.1, -0.05) is 269 Å². The van der Waals surface area contributed by atoms with E-state index in [-0.39, 0.29) is 12.8 Å². The van der Waals surface area contributed by atoms with E-state index in [1.807, 2.05) is 0 Å². The predicted octanol–water partition coefficient (Wildman–Crippen LogP) is 14.6. The lowest BCUT2D eigenvalue weighted by atomic mass is 9.98. The molecule has 0 aromatic carbocycles. The summed E-state index contributed by atoms with van der Waals surface area (Å²) in [6.45, 7) is 3.46. The minimum atomic E-state index is -1.67. The highest BCUT2D eigenvalue weighted by Crippen LogP contribution is 2.24. The van der Waals surface area contributed by atoms with Gasteiger partial charge in [-0.2, -0.15) is 0 Å². The summed E-state index contributed by atoms with van der Waals surface area (Å²) in [4.78, 5) is 13.2. The highest BCUT2D eigenvalue weighted by molar-refractivity contribution is 5.80. The molecule has 1 rings (SSSR count). The van der Waals surface area contributed by atoms with E-state index < -0.39 is 74.2 Å². The monoisotopic (exact) mass is 1080 g/mol. The van der Waals surface area contributed by atoms with E-state index in [9.17, 15) is 40.5 Å². The molecule has 1 aliphatic rings. The van der Waals surface area contributed by atoms with E-state index in [0.717, 1.165) is 44.9 Å². The molecular formula is C65H123NO10. The quantitative estimate of drug-likeness (QED) is 0.0215. The van der Waals surface area contributed by atoms with E-state index in [1.165, 1.54) is 218 Å². The van der Waals surface area contributed by atoms with Crippen LogP contribution in [0, 0.1) is 0 Å². The van der Waals surface area contributed by atoms with Gasteiger partial charge in [-0.25, -0.2) is 0 Å². The second kappa shape index (κ2) is 53.9. The van der Waals surface area contributed by atoms with Crippen molar-refractivity contribution in [2.24, 2.45) is 0 Å². The smallest absolute Gasteiger partial charge is 0.249 e. The van der Waals surface area contributed by atoms with Crippen molar-refractivity contribution >= 4 is 5.91 Å². The number of unbranched alkanes of at least 4 members (excludes halogenated alkanes) is 38. The fourth-order valence-corrected chi connectivity index (χ4v) is 10.4. The van der Waals surface area contributed by atoms with Crippen LogP contribution >= 0.6 is 0 Å². The van der Waals surface area contributed by atoms with E-state index >= 15 is 0 Å². The third-order valence-corrected chi connectivity index (χ3v) is 15.7. The predicted molar refractivity (Wildman–Crippen MR) is 316 cm³/mol. The molecule has 1 amide bonds. The maximum Gasteiger partial charge on any atom is 0.249 e. The Morgan fingerprint density at radius 3 is 1.21 bits per heavy atom. The van der Waals surface area contributed by atoms with Gasteiger partial charge < -0.3 is 50.5 Å². The van der Waals surface area contributed by atoms with E-state index in [0.29, 0.717) is 12.8 Å². The number of ether oxygens (including phenoxy) is 2. The number of aliphatic hydroxyl groups excluding tert-OH is 7. The molecule has 1 saturated heterocycles. The molecule has 1 aliphatic heterocycles. The molecule has 0 saturated carbocycles. The highest BCUT2D eigenvalue weighted by atomic mass is 16.7. The summed E-state index contributed by atoms with van der Waals surface area (Å²) in [5, 5.41) is 76.2. The summed E-state index contributed by atoms with van der Waals surface area (Å²) >= 11 is 0. The first-order valence-corrected chi connectivity index (χ1v) is 32.4. The minimum Gasteiger partial charge on any atom is -0.394 e. The largest absolute Gasteiger partial charge is 0.394 e. The minimum absolute atomic E-state index is 0.255. The van der Waals surface area contributed by atoms with Gasteiger partial charge in [0, 0.05) is 0 Å². The second-order valence-corrected chi connectivity index (χ2v) is 22.8. The van der Waals surface area contributed by atoms with Crippen molar-refractivity contribution in [2.45, 2.75) is 358 Å². The van der Waals surface area contributed by atoms with Crippen LogP contribution in [-0.2, 0) is 14.3 Å². The number of aliphatic hydroxyl groups is 7. The fraction of sp³-hybridized carbons (Fsp3) is 0.892. The number of amides is 1. The molecule has 0 aliphatic carbocycles. The van der Waals surface area contributed by atoms with E-state index in [1.54, 1.807) is 0 Å². The van der Waals surface area contributed by atoms with Crippen LogP contribution in [0.1, 0.15) is 303 Å². The Labute approximate surface area is 467 Å². The SMILES string of the molecule is CCCCCCCCCCCC/C=C/CCCC(O)C(O)C(COC1OC(CO)C(O)C(O)C1O)NC(=O)C(O)CCCCCCCCCCCCCCCCCC/C=C\C/C=C\CCCCCCCCCCCCC. The fourth-order valence-electron chi connectivity index (χ4n) is 10.4. The maximum absolute atomic E-state index is 13.2. The zero-order valence-electron chi connectivity index (χ0n) is 49.2. The summed E-state index contributed by atoms with van der Waals surface area (Å²) in [5.74, 6) is -0.703. The van der Waals surface area contributed by atoms with Crippen LogP contribution in [0.15, 0.2) is 36.5 Å². The molecule has 8 N–H and O–H groups in total. The molecule has 76 heavy (non-hydrogen) atoms. The van der Waals surface area contributed by atoms with Crippen molar-refractivity contribution in [1.82, 2.24) is 5.32 Å². The van der Waals surface area contributed by atoms with Gasteiger partial charge >= 0.3 is 0 Å². The van der Waals surface area contributed by atoms with Gasteiger partial charge in [0.1, 0.15) is 36.6 Å². The number of allylic oxidation sites excluding steroid dienone is 6. The lowest BCUT2D eigenvalue weighted by Crippen LogP contribution is -2.60. The topological polar surface area (TPSA) is 189 Å². The molecule has 0 spiro atoms. The number of nitrogens with one attached hydrogen (secondary N) is 1. The molecule has 0 radical (unpaired) electrons. The Bertz CT molecular complexity index is 1330. The number of carbonyl (C=O) groups excluding carboxylic acids is 1. The van der Waals surface area contributed by atoms with Crippen LogP contribution in [0.2, 0.25) is 0 Å². The third-order valence-electron chi connectivity index (χ3n) is 15.7. The van der Waals surface area contributed by atoms with Crippen molar-refractivity contribution in [3.8, 4) is 0 Å². The first-order chi connectivity index (χ1) is 37.2. The Morgan fingerprint density at radius 2 is 0.816 bits per heavy atom. The van der Waals surface area contributed by atoms with Crippen LogP contribution in [0.4, 0.5) is 0 Å². The summed E-state index contributed by atoms with van der Waals surface area (Å²) in [6.07, 6.45) is 56.6. The molecule has 0 aromatic rings. The summed E-state index contributed by atoms with van der Waals surface area (Å²) < 4.78 is 11.1. The molecule has 448 valence electrons. The zero-order valence-corrected chi connectivity index (χ0v) is 49.2. The number of hydrogen-bond acceptors (Lipinski definition) is 10. The van der Waals surface area contributed by atoms with Crippen LogP contribution in [0.5, 0.6) is 0 Å². The molecular weight excluding hydrogens is 955 g/mol. The van der Waals surface area contributed by atoms with Gasteiger partial charge in [-0.15, -0.1) is 0 Å². The molecule has 0 bridgehead atoms. The van der Waals surface area contributed by atoms with Crippen LogP contribution in [-0.4, -0.2) is 110 Å². The molecule has 9 unspecified atom stereocenters. The standard InChI is InChI=1S/C65H123NO10/c1-3-5-7-9-11-13-15-17-19-20-21-22-23-24-25-26-27-28-29-30-31-32-33-34-35-36-37-39-41-43-45-47-49-51-53-58(69)64(74)66-56(55-75-65-63(73)62(72)61(71)59(54-67)76-65)60(70)57(68)52-50-48-46-44-42-40-38-18-16-14-12-10-8-6-4-2/h23-24,26-27,44,46,56-63,65,67-73H,3-22,25,28-43,45,47-55H2,1-2H3,(H,66,74)/b24-23-,27-26-,46-44+. The Balaban J connectivity index is 2.18. The van der Waals surface area contributed by atoms with Gasteiger partial charge in [0.05, 0.1) is 25.4 Å². The molecule has 11 nitrogen and oxygen atoms in total. The van der Waals surface area contributed by atoms with Crippen molar-refractivity contribution in [1.29, 1.82) is 0 Å². The first-order valence-electron chi connectivity index (χ1n) is 32.4. The van der Waals surface area contributed by atoms with Crippen LogP contribution in [0.25, 0.3) is 0 Å². The molecule has 9 atom stereocenters. The van der Waals surface area contributed by atoms with E-state index in [4.69, 9.17) is 9.47 Å². The van der Waals surface area contributed by atoms with Crippen LogP contribution in [0.3, 0.4) is 0 Å². The highest BCUT2D eigenvalue weighted by Gasteiger charge is 2.44. The van der Waals surface area contributed by atoms with Gasteiger partial charge in [0.25, 0.3) is 0 Å². The molecule has 1 fully saturated rings. The average Bonchev–Trinajstić information content (AvgIpc) is 3.42. The Hall–Kier alpha value is -1.67. The van der Waals surface area contributed by atoms with Crippen molar-refractivity contribution in [2.75, 3.05) is 13.2 Å². The summed E-state index contributed by atoms with van der Waals surface area (Å²) in [7, 11) is 0. The van der Waals surface area contributed by atoms with Gasteiger partial charge in [-0.05, 0) is 70.6 Å². The van der Waals surface area contributed by atoms with Gasteiger partial charge in [0.2, 0.25) is 5.91 Å². The van der Waals surface area contributed by atoms with Crippen molar-refractivity contribution in [3.63, 3.8) is 0 Å². The van der Waals surface area contributed by atoms with Crippen molar-refractivity contribution in [3.05, 3.63) is 36.5 Å². The summed E-state index contributed by atoms with van der Waals surface area (Å²) in [5.41, 5.74) is 0. The Morgan fingerprint density at radius 1 is 0.461 bits per heavy atom. The molecule has 11 heteroatoms. The lowest BCUT2D eigenvalue weighted by Gasteiger charge is -2.40. The summed E-state index contributed by atoms with van der Waals surface area (Å²) in [6, 6.07) is -1.18. The zero-order chi connectivity index (χ0) is 55.4. The number of hydrogen-bond donors (Lipinski definition) is 8. The normalized spacial score (nSPS) is 19.8. The number of rotatable bonds is 56. The maximum atomic E-state index is 13.2. The van der Waals surface area contributed by atoms with E-state index in [2.05, 4.69) is 55.6 Å².